The minimum atomic E-state index is -1.69. The summed E-state index contributed by atoms with van der Waals surface area (Å²) in [6.07, 6.45) is -2.28. The van der Waals surface area contributed by atoms with Crippen LogP contribution in [-0.4, -0.2) is 87.5 Å². The Balaban J connectivity index is 5.10. The number of hydrogen-bond donors (Lipinski definition) is 8. The van der Waals surface area contributed by atoms with Gasteiger partial charge >= 0.3 is 11.9 Å². The van der Waals surface area contributed by atoms with Gasteiger partial charge in [0.15, 0.2) is 6.04 Å². The molecule has 0 saturated heterocycles. The number of rotatable bonds is 11. The SMILES string of the molecule is CC(O)C(NC(=O)C(CO)NC(=O)C(CC(=O)O)NC(=O)CN)C(=O)O. The van der Waals surface area contributed by atoms with Crippen molar-refractivity contribution in [2.45, 2.75) is 37.6 Å². The molecule has 0 aliphatic carbocycles. The molecule has 0 bridgehead atoms. The molecule has 0 aromatic rings. The van der Waals surface area contributed by atoms with Crippen LogP contribution in [0.15, 0.2) is 0 Å². The maximum absolute atomic E-state index is 12.1. The van der Waals surface area contributed by atoms with E-state index >= 15 is 0 Å². The predicted molar refractivity (Wildman–Crippen MR) is 83.5 cm³/mol. The third-order valence-corrected chi connectivity index (χ3v) is 3.08. The summed E-state index contributed by atoms with van der Waals surface area (Å²) < 4.78 is 0. The van der Waals surface area contributed by atoms with Crippen LogP contribution in [0.5, 0.6) is 0 Å². The Labute approximate surface area is 147 Å². The van der Waals surface area contributed by atoms with Gasteiger partial charge in [0.05, 0.1) is 25.7 Å². The van der Waals surface area contributed by atoms with Gasteiger partial charge in [-0.2, -0.15) is 0 Å². The van der Waals surface area contributed by atoms with Crippen LogP contribution < -0.4 is 21.7 Å². The highest BCUT2D eigenvalue weighted by atomic mass is 16.4. The summed E-state index contributed by atoms with van der Waals surface area (Å²) in [4.78, 5) is 57.0. The standard InChI is InChI=1S/C13H22N4O9/c1-5(19)10(13(25)26)17-12(24)7(4-18)16-11(23)6(2-9(21)22)15-8(20)3-14/h5-7,10,18-19H,2-4,14H2,1H3,(H,15,20)(H,16,23)(H,17,24)(H,21,22)(H,25,26). The Kier molecular flexibility index (Phi) is 9.80. The molecule has 0 aliphatic heterocycles. The molecule has 13 heteroatoms. The molecular formula is C13H22N4O9. The van der Waals surface area contributed by atoms with Crippen LogP contribution in [0.1, 0.15) is 13.3 Å². The number of carboxylic acids is 2. The number of aliphatic carboxylic acids is 2. The second-order valence-corrected chi connectivity index (χ2v) is 5.23. The minimum Gasteiger partial charge on any atom is -0.481 e. The molecule has 0 aliphatic rings. The van der Waals surface area contributed by atoms with E-state index in [2.05, 4.69) is 0 Å². The van der Waals surface area contributed by atoms with Crippen molar-refractivity contribution in [1.29, 1.82) is 0 Å². The second kappa shape index (κ2) is 11.0. The number of nitrogens with one attached hydrogen (secondary N) is 3. The molecule has 0 heterocycles. The molecule has 0 fully saturated rings. The third-order valence-electron chi connectivity index (χ3n) is 3.08. The first kappa shape index (κ1) is 23.2. The van der Waals surface area contributed by atoms with Gasteiger partial charge in [-0.1, -0.05) is 0 Å². The number of carbonyl (C=O) groups is 5. The first-order valence-corrected chi connectivity index (χ1v) is 7.37. The molecule has 0 spiro atoms. The van der Waals surface area contributed by atoms with Crippen molar-refractivity contribution < 1.29 is 44.4 Å². The summed E-state index contributed by atoms with van der Waals surface area (Å²) in [6.45, 7) is -0.354. The fourth-order valence-corrected chi connectivity index (χ4v) is 1.75. The molecule has 0 radical (unpaired) electrons. The van der Waals surface area contributed by atoms with Crippen molar-refractivity contribution in [1.82, 2.24) is 16.0 Å². The van der Waals surface area contributed by atoms with Gasteiger partial charge in [0, 0.05) is 0 Å². The van der Waals surface area contributed by atoms with E-state index in [4.69, 9.17) is 15.9 Å². The number of carboxylic acid groups (broad SMARTS) is 2. The molecule has 4 atom stereocenters. The lowest BCUT2D eigenvalue weighted by Crippen LogP contribution is -2.59. The highest BCUT2D eigenvalue weighted by Crippen LogP contribution is 1.98. The maximum atomic E-state index is 12.1. The van der Waals surface area contributed by atoms with E-state index in [1.165, 1.54) is 0 Å². The van der Waals surface area contributed by atoms with Crippen molar-refractivity contribution in [2.75, 3.05) is 13.2 Å². The summed E-state index contributed by atoms with van der Waals surface area (Å²) in [5, 5.41) is 42.1. The quantitative estimate of drug-likeness (QED) is 0.171. The monoisotopic (exact) mass is 378 g/mol. The van der Waals surface area contributed by atoms with Gasteiger partial charge < -0.3 is 42.1 Å². The van der Waals surface area contributed by atoms with Crippen LogP contribution in [0.25, 0.3) is 0 Å². The molecular weight excluding hydrogens is 356 g/mol. The highest BCUT2D eigenvalue weighted by molar-refractivity contribution is 5.95. The van der Waals surface area contributed by atoms with Crippen molar-refractivity contribution >= 4 is 29.7 Å². The van der Waals surface area contributed by atoms with Gasteiger partial charge in [0.1, 0.15) is 12.1 Å². The zero-order chi connectivity index (χ0) is 20.4. The van der Waals surface area contributed by atoms with Crippen molar-refractivity contribution in [3.05, 3.63) is 0 Å². The van der Waals surface area contributed by atoms with Gasteiger partial charge in [0.25, 0.3) is 0 Å². The zero-order valence-corrected chi connectivity index (χ0v) is 13.8. The van der Waals surface area contributed by atoms with Crippen LogP contribution in [0, 0.1) is 0 Å². The van der Waals surface area contributed by atoms with Crippen LogP contribution >= 0.6 is 0 Å². The maximum Gasteiger partial charge on any atom is 0.328 e. The van der Waals surface area contributed by atoms with Gasteiger partial charge in [-0.05, 0) is 6.92 Å². The number of carbonyl (C=O) groups excluding carboxylic acids is 3. The lowest BCUT2D eigenvalue weighted by Gasteiger charge is -2.23. The van der Waals surface area contributed by atoms with Gasteiger partial charge in [-0.3, -0.25) is 19.2 Å². The predicted octanol–water partition coefficient (Wildman–Crippen LogP) is -4.67. The largest absolute Gasteiger partial charge is 0.481 e. The number of aliphatic hydroxyl groups excluding tert-OH is 2. The lowest BCUT2D eigenvalue weighted by atomic mass is 10.1. The van der Waals surface area contributed by atoms with E-state index < -0.39 is 73.5 Å². The van der Waals surface area contributed by atoms with E-state index in [-0.39, 0.29) is 0 Å². The molecule has 0 aromatic carbocycles. The fourth-order valence-electron chi connectivity index (χ4n) is 1.75. The summed E-state index contributed by atoms with van der Waals surface area (Å²) >= 11 is 0. The normalized spacial score (nSPS) is 15.1. The Morgan fingerprint density at radius 2 is 1.50 bits per heavy atom. The molecule has 4 unspecified atom stereocenters. The average Bonchev–Trinajstić information content (AvgIpc) is 2.55. The Morgan fingerprint density at radius 3 is 1.88 bits per heavy atom. The van der Waals surface area contributed by atoms with Crippen LogP contribution in [0.4, 0.5) is 0 Å². The van der Waals surface area contributed by atoms with Crippen LogP contribution in [0.2, 0.25) is 0 Å². The summed E-state index contributed by atoms with van der Waals surface area (Å²) in [7, 11) is 0. The Morgan fingerprint density at radius 1 is 0.962 bits per heavy atom. The number of amides is 3. The van der Waals surface area contributed by atoms with Crippen LogP contribution in [-0.2, 0) is 24.0 Å². The van der Waals surface area contributed by atoms with Gasteiger partial charge in [0.2, 0.25) is 17.7 Å². The lowest BCUT2D eigenvalue weighted by molar-refractivity contribution is -0.146. The van der Waals surface area contributed by atoms with Crippen molar-refractivity contribution in [3.8, 4) is 0 Å². The van der Waals surface area contributed by atoms with E-state index in [9.17, 15) is 34.2 Å². The summed E-state index contributed by atoms with van der Waals surface area (Å²) in [6, 6.07) is -4.91. The average molecular weight is 378 g/mol. The van der Waals surface area contributed by atoms with Crippen LogP contribution in [0.3, 0.4) is 0 Å². The summed E-state index contributed by atoms with van der Waals surface area (Å²) in [5.74, 6) is -6.03. The fraction of sp³-hybridized carbons (Fsp3) is 0.615. The molecule has 3 amide bonds. The second-order valence-electron chi connectivity index (χ2n) is 5.23. The Bertz CT molecular complexity index is 552. The third kappa shape index (κ3) is 7.87. The van der Waals surface area contributed by atoms with E-state index in [1.54, 1.807) is 0 Å². The van der Waals surface area contributed by atoms with E-state index in [0.717, 1.165) is 6.92 Å². The number of nitrogens with two attached hydrogens (primary N) is 1. The smallest absolute Gasteiger partial charge is 0.328 e. The molecule has 0 rings (SSSR count). The van der Waals surface area contributed by atoms with E-state index in [0.29, 0.717) is 0 Å². The Hall–Kier alpha value is -2.77. The van der Waals surface area contributed by atoms with E-state index in [1.807, 2.05) is 16.0 Å². The van der Waals surface area contributed by atoms with Gasteiger partial charge in [-0.15, -0.1) is 0 Å². The number of aliphatic hydroxyl groups is 2. The number of hydrogen-bond acceptors (Lipinski definition) is 8. The first-order chi connectivity index (χ1) is 12.0. The van der Waals surface area contributed by atoms with Gasteiger partial charge in [-0.25, -0.2) is 4.79 Å². The molecule has 9 N–H and O–H groups in total. The molecule has 13 nitrogen and oxygen atoms in total. The molecule has 26 heavy (non-hydrogen) atoms. The highest BCUT2D eigenvalue weighted by Gasteiger charge is 2.31. The van der Waals surface area contributed by atoms with Crippen molar-refractivity contribution in [3.63, 3.8) is 0 Å². The summed E-state index contributed by atoms with van der Waals surface area (Å²) in [5.41, 5.74) is 5.06. The van der Waals surface area contributed by atoms with Crippen molar-refractivity contribution in [2.24, 2.45) is 5.73 Å². The molecule has 0 aromatic heterocycles. The zero-order valence-electron chi connectivity index (χ0n) is 13.8. The molecule has 0 saturated carbocycles. The topological polar surface area (TPSA) is 228 Å². The first-order valence-electron chi connectivity index (χ1n) is 7.37. The minimum absolute atomic E-state index is 0.512. The molecule has 148 valence electrons.